The molecule has 1 saturated heterocycles. The van der Waals surface area contributed by atoms with Crippen molar-refractivity contribution < 1.29 is 33.3 Å². The maximum Gasteiger partial charge on any atom is 0.336 e. The monoisotopic (exact) mass is 598 g/mol. The molecule has 0 saturated carbocycles. The summed E-state index contributed by atoms with van der Waals surface area (Å²) in [6, 6.07) is 11.0. The Hall–Kier alpha value is -4.21. The second-order valence-electron chi connectivity index (χ2n) is 9.09. The molecule has 41 heavy (non-hydrogen) atoms. The summed E-state index contributed by atoms with van der Waals surface area (Å²) in [5.41, 5.74) is 3.38. The highest BCUT2D eigenvalue weighted by Crippen LogP contribution is 2.40. The third kappa shape index (κ3) is 6.26. The van der Waals surface area contributed by atoms with Crippen molar-refractivity contribution in [2.45, 2.75) is 27.4 Å². The number of hydrogen-bond donors (Lipinski definition) is 1. The van der Waals surface area contributed by atoms with Crippen molar-refractivity contribution in [3.05, 3.63) is 80.3 Å². The maximum atomic E-state index is 13.5. The summed E-state index contributed by atoms with van der Waals surface area (Å²) in [6.45, 7) is 6.44. The summed E-state index contributed by atoms with van der Waals surface area (Å²) >= 11 is 12.8. The fraction of sp³-hybridized carbons (Fsp3) is 0.233. The van der Waals surface area contributed by atoms with Gasteiger partial charge in [0.1, 0.15) is 23.7 Å². The Morgan fingerprint density at radius 1 is 0.854 bits per heavy atom. The molecule has 4 amide bonds. The van der Waals surface area contributed by atoms with Crippen molar-refractivity contribution in [1.29, 1.82) is 0 Å². The first kappa shape index (κ1) is 29.8. The zero-order chi connectivity index (χ0) is 29.8. The molecule has 0 bridgehead atoms. The minimum atomic E-state index is -0.956. The van der Waals surface area contributed by atoms with E-state index >= 15 is 0 Å². The van der Waals surface area contributed by atoms with Crippen molar-refractivity contribution in [3.63, 3.8) is 0 Å². The van der Waals surface area contributed by atoms with Gasteiger partial charge in [-0.25, -0.2) is 9.69 Å². The van der Waals surface area contributed by atoms with E-state index in [1.807, 2.05) is 39.0 Å². The number of nitrogens with one attached hydrogen (secondary N) is 1. The summed E-state index contributed by atoms with van der Waals surface area (Å²) in [6.07, 6.45) is 1.32. The van der Waals surface area contributed by atoms with Gasteiger partial charge in [-0.05, 0) is 61.2 Å². The Kier molecular flexibility index (Phi) is 9.10. The van der Waals surface area contributed by atoms with Gasteiger partial charge < -0.3 is 18.9 Å². The smallest absolute Gasteiger partial charge is 0.336 e. The Bertz CT molecular complexity index is 1570. The number of imide groups is 2. The van der Waals surface area contributed by atoms with E-state index < -0.39 is 17.8 Å². The molecule has 0 aromatic heterocycles. The molecule has 0 unspecified atom stereocenters. The van der Waals surface area contributed by atoms with Gasteiger partial charge in [0.2, 0.25) is 0 Å². The van der Waals surface area contributed by atoms with Crippen LogP contribution in [0.4, 0.5) is 10.5 Å². The van der Waals surface area contributed by atoms with E-state index in [-0.39, 0.29) is 39.4 Å². The predicted molar refractivity (Wildman–Crippen MR) is 156 cm³/mol. The molecular formula is C30H28Cl2N2O7. The Labute approximate surface area is 247 Å². The molecule has 9 nitrogen and oxygen atoms in total. The number of benzene rings is 3. The van der Waals surface area contributed by atoms with Gasteiger partial charge in [0.25, 0.3) is 11.8 Å². The lowest BCUT2D eigenvalue weighted by Crippen LogP contribution is -2.54. The van der Waals surface area contributed by atoms with Crippen LogP contribution in [-0.4, -0.2) is 38.7 Å². The quantitative estimate of drug-likeness (QED) is 0.228. The van der Waals surface area contributed by atoms with E-state index in [0.29, 0.717) is 23.7 Å². The lowest BCUT2D eigenvalue weighted by Gasteiger charge is -2.28. The summed E-state index contributed by atoms with van der Waals surface area (Å²) in [5.74, 6) is -0.777. The predicted octanol–water partition coefficient (Wildman–Crippen LogP) is 6.27. The number of barbiturate groups is 1. The summed E-state index contributed by atoms with van der Waals surface area (Å²) < 4.78 is 22.4. The van der Waals surface area contributed by atoms with E-state index in [1.54, 1.807) is 12.1 Å². The van der Waals surface area contributed by atoms with Crippen molar-refractivity contribution in [2.75, 3.05) is 25.7 Å². The number of aryl methyl sites for hydroxylation is 2. The number of urea groups is 1. The number of amides is 4. The molecule has 11 heteroatoms. The second kappa shape index (κ2) is 12.5. The van der Waals surface area contributed by atoms with Gasteiger partial charge in [-0.15, -0.1) is 0 Å². The van der Waals surface area contributed by atoms with Crippen LogP contribution in [0.3, 0.4) is 0 Å². The molecule has 1 N–H and O–H groups in total. The average Bonchev–Trinajstić information content (AvgIpc) is 2.93. The van der Waals surface area contributed by atoms with E-state index in [0.717, 1.165) is 16.0 Å². The molecule has 214 valence electrons. The van der Waals surface area contributed by atoms with Crippen LogP contribution in [0.15, 0.2) is 48.0 Å². The van der Waals surface area contributed by atoms with Crippen molar-refractivity contribution >= 4 is 52.8 Å². The molecule has 4 rings (SSSR count). The van der Waals surface area contributed by atoms with Gasteiger partial charge in [0.05, 0.1) is 36.6 Å². The number of carbonyl (C=O) groups is 3. The normalized spacial score (nSPS) is 14.3. The zero-order valence-corrected chi connectivity index (χ0v) is 24.6. The van der Waals surface area contributed by atoms with Gasteiger partial charge in [-0.3, -0.25) is 14.9 Å². The molecule has 0 atom stereocenters. The molecule has 0 aliphatic carbocycles. The summed E-state index contributed by atoms with van der Waals surface area (Å²) in [5, 5.41) is 2.61. The van der Waals surface area contributed by atoms with Gasteiger partial charge in [-0.1, -0.05) is 41.4 Å². The molecule has 1 aliphatic heterocycles. The number of ether oxygens (including phenoxy) is 4. The molecule has 0 radical (unpaired) electrons. The number of rotatable bonds is 9. The summed E-state index contributed by atoms with van der Waals surface area (Å²) in [7, 11) is 2.75. The van der Waals surface area contributed by atoms with Crippen molar-refractivity contribution in [2.24, 2.45) is 0 Å². The van der Waals surface area contributed by atoms with Gasteiger partial charge in [0.15, 0.2) is 11.5 Å². The van der Waals surface area contributed by atoms with Crippen molar-refractivity contribution in [3.8, 4) is 23.0 Å². The molecular weight excluding hydrogens is 571 g/mol. The Morgan fingerprint density at radius 3 is 2.24 bits per heavy atom. The standard InChI is InChI=1S/C30H28Cl2N2O7/c1-6-40-26-12-19(11-22(32)27(26)41-15-18-8-7-16(2)17(3)9-18)10-20-28(35)33-30(37)34(29(20)36)23-14-24(38-4)21(31)13-25(23)39-5/h7-14H,6,15H2,1-5H3,(H,33,35,37)/b20-10+. The minimum Gasteiger partial charge on any atom is -0.495 e. The van der Waals surface area contributed by atoms with Crippen LogP contribution >= 0.6 is 23.2 Å². The first-order chi connectivity index (χ1) is 19.6. The number of carbonyl (C=O) groups excluding carboxylic acids is 3. The van der Waals surface area contributed by atoms with Crippen LogP contribution in [0.2, 0.25) is 10.0 Å². The van der Waals surface area contributed by atoms with Crippen LogP contribution in [0.25, 0.3) is 6.08 Å². The van der Waals surface area contributed by atoms with Gasteiger partial charge in [-0.2, -0.15) is 0 Å². The van der Waals surface area contributed by atoms with Crippen LogP contribution < -0.4 is 29.2 Å². The Balaban J connectivity index is 1.70. The van der Waals surface area contributed by atoms with Crippen LogP contribution in [-0.2, 0) is 16.2 Å². The van der Waals surface area contributed by atoms with Gasteiger partial charge >= 0.3 is 6.03 Å². The third-order valence-electron chi connectivity index (χ3n) is 6.39. The lowest BCUT2D eigenvalue weighted by molar-refractivity contribution is -0.122. The number of methoxy groups -OCH3 is 2. The molecule has 3 aromatic carbocycles. The fourth-order valence-electron chi connectivity index (χ4n) is 4.19. The highest BCUT2D eigenvalue weighted by atomic mass is 35.5. The second-order valence-corrected chi connectivity index (χ2v) is 9.90. The first-order valence-corrected chi connectivity index (χ1v) is 13.3. The highest BCUT2D eigenvalue weighted by Gasteiger charge is 2.38. The number of anilines is 1. The van der Waals surface area contributed by atoms with Crippen molar-refractivity contribution in [1.82, 2.24) is 5.32 Å². The van der Waals surface area contributed by atoms with E-state index in [9.17, 15) is 14.4 Å². The average molecular weight is 599 g/mol. The van der Waals surface area contributed by atoms with Crippen LogP contribution in [0.5, 0.6) is 23.0 Å². The maximum absolute atomic E-state index is 13.5. The van der Waals surface area contributed by atoms with Crippen LogP contribution in [0, 0.1) is 13.8 Å². The van der Waals surface area contributed by atoms with Gasteiger partial charge in [0, 0.05) is 12.1 Å². The molecule has 1 heterocycles. The van der Waals surface area contributed by atoms with E-state index in [1.165, 1.54) is 38.0 Å². The highest BCUT2D eigenvalue weighted by molar-refractivity contribution is 6.40. The largest absolute Gasteiger partial charge is 0.495 e. The number of hydrogen-bond acceptors (Lipinski definition) is 7. The number of halogens is 2. The molecule has 0 spiro atoms. The topological polar surface area (TPSA) is 103 Å². The molecule has 1 fully saturated rings. The molecule has 3 aromatic rings. The first-order valence-electron chi connectivity index (χ1n) is 12.6. The van der Waals surface area contributed by atoms with E-state index in [4.69, 9.17) is 42.1 Å². The minimum absolute atomic E-state index is 0.0396. The fourth-order valence-corrected chi connectivity index (χ4v) is 4.69. The molecule has 1 aliphatic rings. The third-order valence-corrected chi connectivity index (χ3v) is 6.97. The number of nitrogens with zero attached hydrogens (tertiary/aromatic N) is 1. The van der Waals surface area contributed by atoms with E-state index in [2.05, 4.69) is 5.32 Å². The Morgan fingerprint density at radius 2 is 1.59 bits per heavy atom. The van der Waals surface area contributed by atoms with Crippen LogP contribution in [0.1, 0.15) is 29.2 Å². The zero-order valence-electron chi connectivity index (χ0n) is 23.1. The SMILES string of the molecule is CCOc1cc(/C=C2\C(=O)NC(=O)N(c3cc(OC)c(Cl)cc3OC)C2=O)cc(Cl)c1OCc1ccc(C)c(C)c1. The lowest BCUT2D eigenvalue weighted by atomic mass is 10.1. The summed E-state index contributed by atoms with van der Waals surface area (Å²) in [4.78, 5) is 39.9.